The van der Waals surface area contributed by atoms with Crippen LogP contribution in [0.2, 0.25) is 0 Å². The first-order valence-corrected chi connectivity index (χ1v) is 21.9. The number of carbonyl (C=O) groups is 4. The van der Waals surface area contributed by atoms with E-state index in [1.165, 1.54) is 9.58 Å². The summed E-state index contributed by atoms with van der Waals surface area (Å²) in [6, 6.07) is 4.22. The minimum absolute atomic E-state index is 0. The highest BCUT2D eigenvalue weighted by Crippen LogP contribution is 2.47. The summed E-state index contributed by atoms with van der Waals surface area (Å²) in [6.07, 6.45) is 6.14. The number of fused-ring (bicyclic) bond motifs is 3. The zero-order chi connectivity index (χ0) is 42.1. The van der Waals surface area contributed by atoms with Gasteiger partial charge in [0, 0.05) is 30.1 Å². The maximum atomic E-state index is 14.8. The molecule has 0 unspecified atom stereocenters. The predicted molar refractivity (Wildman–Crippen MR) is 226 cm³/mol. The molecule has 2 aromatic rings. The van der Waals surface area contributed by atoms with Gasteiger partial charge in [-0.3, -0.25) is 23.9 Å². The van der Waals surface area contributed by atoms with E-state index in [9.17, 15) is 32.4 Å². The Hall–Kier alpha value is -4.47. The third-order valence-electron chi connectivity index (χ3n) is 11.4. The van der Waals surface area contributed by atoms with Crippen molar-refractivity contribution in [2.24, 2.45) is 17.8 Å². The summed E-state index contributed by atoms with van der Waals surface area (Å²) in [4.78, 5) is 71.0. The largest absolute Gasteiger partial charge is 0.471 e. The summed E-state index contributed by atoms with van der Waals surface area (Å²) >= 11 is 0. The van der Waals surface area contributed by atoms with Crippen LogP contribution in [0.1, 0.15) is 113 Å². The Balaban J connectivity index is 0.00000306. The average molecular weight is 820 g/mol. The lowest BCUT2D eigenvalue weighted by atomic mass is 9.88. The lowest BCUT2D eigenvalue weighted by Crippen LogP contribution is -2.60. The molecule has 4 N–H and O–H groups in total. The summed E-state index contributed by atoms with van der Waals surface area (Å²) in [7, 11) is -4.01. The maximum Gasteiger partial charge on any atom is 0.315 e. The number of sulfonamides is 1. The Morgan fingerprint density at radius 2 is 1.74 bits per heavy atom. The second-order valence-corrected chi connectivity index (χ2v) is 19.5. The van der Waals surface area contributed by atoms with Gasteiger partial charge in [0.25, 0.3) is 11.5 Å². The maximum absolute atomic E-state index is 14.8. The van der Waals surface area contributed by atoms with Gasteiger partial charge in [-0.05, 0) is 97.1 Å². The Kier molecular flexibility index (Phi) is 12.9. The summed E-state index contributed by atoms with van der Waals surface area (Å²) < 4.78 is 35.3. The van der Waals surface area contributed by atoms with Gasteiger partial charge in [0.05, 0.1) is 22.1 Å². The average Bonchev–Trinajstić information content (AvgIpc) is 4.03. The van der Waals surface area contributed by atoms with E-state index < -0.39 is 73.7 Å². The number of nitrogens with one attached hydrogen (secondary N) is 4. The molecule has 16 heteroatoms. The number of allylic oxidation sites excluding steroid dienone is 1. The summed E-state index contributed by atoms with van der Waals surface area (Å²) in [5.74, 6) is -2.42. The molecule has 1 aromatic carbocycles. The fraction of sp³-hybridized carbons (Fsp3) is 0.659. The number of aromatic nitrogens is 2. The van der Waals surface area contributed by atoms with Crippen LogP contribution in [0.3, 0.4) is 0 Å². The molecule has 4 aliphatic rings. The topological polar surface area (TPSA) is 198 Å². The van der Waals surface area contributed by atoms with Gasteiger partial charge in [-0.1, -0.05) is 52.0 Å². The van der Waals surface area contributed by atoms with E-state index in [0.717, 1.165) is 6.42 Å². The number of nitrogens with zero attached hydrogens (tertiary/aromatic N) is 3. The van der Waals surface area contributed by atoms with Crippen molar-refractivity contribution in [2.45, 2.75) is 148 Å². The summed E-state index contributed by atoms with van der Waals surface area (Å²) in [6.45, 7) is 17.1. The number of carbonyl (C=O) groups excluding carboxylic acids is 4. The number of hydrogen-bond acceptors (Lipinski definition) is 9. The number of rotatable bonds is 7. The van der Waals surface area contributed by atoms with Crippen LogP contribution < -0.4 is 31.0 Å². The molecule has 3 heterocycles. The van der Waals surface area contributed by atoms with Crippen LogP contribution in [0.25, 0.3) is 10.8 Å². The molecule has 322 valence electrons. The number of hydrogen-bond donors (Lipinski definition) is 4. The lowest BCUT2D eigenvalue weighted by molar-refractivity contribution is -0.142. The van der Waals surface area contributed by atoms with Crippen molar-refractivity contribution in [3.8, 4) is 5.88 Å². The van der Waals surface area contributed by atoms with E-state index in [4.69, 9.17) is 4.74 Å². The molecule has 1 saturated heterocycles. The van der Waals surface area contributed by atoms with E-state index in [2.05, 4.69) is 32.7 Å². The predicted octanol–water partition coefficient (Wildman–Crippen LogP) is 5.13. The first-order valence-electron chi connectivity index (χ1n) is 20.4. The van der Waals surface area contributed by atoms with Gasteiger partial charge in [0.2, 0.25) is 27.7 Å². The number of ether oxygens (including phenoxy) is 1. The molecule has 5 amide bonds. The van der Waals surface area contributed by atoms with Crippen LogP contribution in [-0.4, -0.2) is 87.4 Å². The molecular weight excluding hydrogens is 751 g/mol. The van der Waals surface area contributed by atoms with E-state index in [-0.39, 0.29) is 54.9 Å². The Morgan fingerprint density at radius 1 is 1.07 bits per heavy atom. The Labute approximate surface area is 342 Å². The fourth-order valence-electron chi connectivity index (χ4n) is 7.78. The molecule has 3 fully saturated rings. The summed E-state index contributed by atoms with van der Waals surface area (Å²) in [5.41, 5.74) is -2.41. The minimum atomic E-state index is -4.01. The van der Waals surface area contributed by atoms with Crippen molar-refractivity contribution in [1.29, 1.82) is 0 Å². The second-order valence-electron chi connectivity index (χ2n) is 17.3. The van der Waals surface area contributed by atoms with Crippen LogP contribution in [0.4, 0.5) is 4.79 Å². The van der Waals surface area contributed by atoms with Crippen molar-refractivity contribution in [2.75, 3.05) is 6.54 Å². The molecular formula is C41H69N7O8S. The molecule has 0 spiro atoms. The van der Waals surface area contributed by atoms with Gasteiger partial charge in [0.15, 0.2) is 0 Å². The van der Waals surface area contributed by atoms with Crippen LogP contribution >= 0.6 is 0 Å². The number of benzene rings is 1. The zero-order valence-corrected chi connectivity index (χ0v) is 35.6. The number of aryl methyl sites for hydroxylation is 1. The van der Waals surface area contributed by atoms with Crippen molar-refractivity contribution in [3.63, 3.8) is 0 Å². The number of amides is 5. The fourth-order valence-corrected chi connectivity index (χ4v) is 9.09. The molecule has 7 atom stereocenters. The van der Waals surface area contributed by atoms with Gasteiger partial charge in [-0.25, -0.2) is 17.9 Å². The molecule has 2 aliphatic heterocycles. The van der Waals surface area contributed by atoms with Crippen molar-refractivity contribution < 1.29 is 38.0 Å². The van der Waals surface area contributed by atoms with Crippen molar-refractivity contribution in [3.05, 3.63) is 46.8 Å². The first kappa shape index (κ1) is 43.6. The van der Waals surface area contributed by atoms with Crippen LogP contribution in [0.15, 0.2) is 41.2 Å². The SMILES string of the molecule is CC.CCn1nc(O[C@@H]2C[C@H]3C(=O)N[C@]4(C(=O)NS(=O)(=O)C5(C)CC5)C[C@H]4/C=C\CC[C@@H](C)C[C@@H](C)[C@H](NC(=O)NC(C)(C)C)C(=O)N3C2)c2ccccc2c1=O.[HH].[HH].[HH].[HH]. The smallest absolute Gasteiger partial charge is 0.315 e. The minimum Gasteiger partial charge on any atom is -0.471 e. The number of urea groups is 1. The summed E-state index contributed by atoms with van der Waals surface area (Å²) in [5, 5.41) is 14.0. The van der Waals surface area contributed by atoms with Crippen LogP contribution in [0, 0.1) is 17.8 Å². The van der Waals surface area contributed by atoms with Crippen LogP contribution in [0.5, 0.6) is 5.88 Å². The quantitative estimate of drug-likeness (QED) is 0.274. The van der Waals surface area contributed by atoms with Gasteiger partial charge in [-0.2, -0.15) is 0 Å². The van der Waals surface area contributed by atoms with Crippen molar-refractivity contribution >= 4 is 44.5 Å². The molecule has 0 bridgehead atoms. The molecule has 6 rings (SSSR count). The molecule has 15 nitrogen and oxygen atoms in total. The van der Waals surface area contributed by atoms with Gasteiger partial charge < -0.3 is 25.6 Å². The Bertz CT molecular complexity index is 2080. The third kappa shape index (κ3) is 9.47. The Morgan fingerprint density at radius 3 is 2.37 bits per heavy atom. The van der Waals surface area contributed by atoms with Gasteiger partial charge in [0.1, 0.15) is 23.7 Å². The molecule has 1 aromatic heterocycles. The zero-order valence-electron chi connectivity index (χ0n) is 34.8. The van der Waals surface area contributed by atoms with E-state index in [0.29, 0.717) is 36.5 Å². The van der Waals surface area contributed by atoms with E-state index >= 15 is 0 Å². The first-order chi connectivity index (χ1) is 26.8. The second kappa shape index (κ2) is 16.8. The molecule has 2 aliphatic carbocycles. The standard InChI is InChI=1S/C39H55N7O8S.C2H6.4H2/c1-8-46-33(48)28-16-12-11-15-27(28)32(43-46)54-26-20-29-31(47)41-39(35(50)44-55(52,53)38(7)17-18-38)21-25(39)14-10-9-13-23(2)19-24(3)30(34(49)45(29)22-26)40-36(51)42-37(4,5)6;1-2;;;;/h10-12,14-16,23-26,29-30H,8-9,13,17-22H2,1-7H3,(H,41,47)(H,44,50)(H2,40,42,51);1-2H3;4*1H/b14-10-;;;;;/t23-,24-,25-,26-,29+,30+,39-;;;;;/m1...../s1. The molecule has 0 radical (unpaired) electrons. The van der Waals surface area contributed by atoms with Crippen LogP contribution in [-0.2, 0) is 31.0 Å². The molecule has 57 heavy (non-hydrogen) atoms. The highest BCUT2D eigenvalue weighted by molar-refractivity contribution is 7.91. The highest BCUT2D eigenvalue weighted by atomic mass is 32.2. The van der Waals surface area contributed by atoms with Gasteiger partial charge >= 0.3 is 6.03 Å². The van der Waals surface area contributed by atoms with E-state index in [1.807, 2.05) is 53.7 Å². The highest BCUT2D eigenvalue weighted by Gasteiger charge is 2.63. The monoisotopic (exact) mass is 819 g/mol. The third-order valence-corrected chi connectivity index (χ3v) is 13.6. The van der Waals surface area contributed by atoms with E-state index in [1.54, 1.807) is 38.1 Å². The van der Waals surface area contributed by atoms with Crippen molar-refractivity contribution in [1.82, 2.24) is 35.4 Å². The molecule has 2 saturated carbocycles. The van der Waals surface area contributed by atoms with Gasteiger partial charge in [-0.15, -0.1) is 5.10 Å². The lowest BCUT2D eigenvalue weighted by Gasteiger charge is -2.33. The normalized spacial score (nSPS) is 29.2.